The summed E-state index contributed by atoms with van der Waals surface area (Å²) in [5.41, 5.74) is 3.89. The van der Waals surface area contributed by atoms with Crippen LogP contribution in [-0.2, 0) is 0 Å². The van der Waals surface area contributed by atoms with Crippen molar-refractivity contribution in [3.8, 4) is 0 Å². The number of anilines is 1. The summed E-state index contributed by atoms with van der Waals surface area (Å²) in [5.74, 6) is 0. The third-order valence-electron chi connectivity index (χ3n) is 4.25. The molecule has 1 aliphatic heterocycles. The van der Waals surface area contributed by atoms with Crippen LogP contribution in [0.15, 0.2) is 18.2 Å². The van der Waals surface area contributed by atoms with Gasteiger partial charge in [0.15, 0.2) is 0 Å². The molecule has 21 heavy (non-hydrogen) atoms. The molecule has 0 aromatic heterocycles. The number of rotatable bonds is 3. The molecule has 0 bridgehead atoms. The fraction of sp³-hybridized carbons (Fsp3) is 0.588. The fourth-order valence-corrected chi connectivity index (χ4v) is 2.61. The molecule has 0 radical (unpaired) electrons. The molecule has 1 aliphatic rings. The number of nitrogens with one attached hydrogen (secondary N) is 1. The van der Waals surface area contributed by atoms with Crippen molar-refractivity contribution in [1.82, 2.24) is 10.2 Å². The van der Waals surface area contributed by atoms with E-state index in [1.807, 2.05) is 11.8 Å². The van der Waals surface area contributed by atoms with Crippen molar-refractivity contribution in [2.75, 3.05) is 31.1 Å². The zero-order valence-corrected chi connectivity index (χ0v) is 13.6. The number of aryl methyl sites for hydroxylation is 2. The molecule has 0 spiro atoms. The largest absolute Gasteiger partial charge is 0.368 e. The van der Waals surface area contributed by atoms with Gasteiger partial charge in [0.2, 0.25) is 0 Å². The van der Waals surface area contributed by atoms with Crippen LogP contribution < -0.4 is 10.2 Å². The van der Waals surface area contributed by atoms with E-state index in [4.69, 9.17) is 0 Å². The second kappa shape index (κ2) is 6.83. The van der Waals surface area contributed by atoms with Gasteiger partial charge >= 0.3 is 6.03 Å². The third-order valence-corrected chi connectivity index (χ3v) is 4.25. The summed E-state index contributed by atoms with van der Waals surface area (Å²) in [6, 6.07) is 6.88. The van der Waals surface area contributed by atoms with Crippen molar-refractivity contribution in [2.24, 2.45) is 0 Å². The number of carbonyl (C=O) groups is 1. The van der Waals surface area contributed by atoms with Crippen LogP contribution in [0.25, 0.3) is 0 Å². The van der Waals surface area contributed by atoms with Crippen LogP contribution >= 0.6 is 0 Å². The highest BCUT2D eigenvalue weighted by molar-refractivity contribution is 5.75. The number of hydrogen-bond acceptors (Lipinski definition) is 2. The van der Waals surface area contributed by atoms with Gasteiger partial charge < -0.3 is 15.1 Å². The molecule has 2 rings (SSSR count). The smallest absolute Gasteiger partial charge is 0.317 e. The van der Waals surface area contributed by atoms with Gasteiger partial charge in [-0.3, -0.25) is 0 Å². The predicted molar refractivity (Wildman–Crippen MR) is 88.0 cm³/mol. The number of carbonyl (C=O) groups excluding carboxylic acids is 1. The van der Waals surface area contributed by atoms with Gasteiger partial charge in [-0.2, -0.15) is 0 Å². The first-order chi connectivity index (χ1) is 10.0. The van der Waals surface area contributed by atoms with E-state index in [9.17, 15) is 4.79 Å². The Balaban J connectivity index is 1.94. The van der Waals surface area contributed by atoms with Gasteiger partial charge in [-0.05, 0) is 44.4 Å². The molecule has 1 unspecified atom stereocenters. The standard InChI is InChI=1S/C17H27N3O/c1-5-15(4)18-17(21)20-10-8-19(9-11-20)16-12-13(2)6-7-14(16)3/h6-7,12,15H,5,8-11H2,1-4H3,(H,18,21). The molecule has 1 fully saturated rings. The summed E-state index contributed by atoms with van der Waals surface area (Å²) >= 11 is 0. The first-order valence-electron chi connectivity index (χ1n) is 7.89. The highest BCUT2D eigenvalue weighted by atomic mass is 16.2. The molecule has 1 heterocycles. The van der Waals surface area contributed by atoms with Crippen molar-refractivity contribution in [2.45, 2.75) is 40.2 Å². The van der Waals surface area contributed by atoms with Crippen LogP contribution in [0.2, 0.25) is 0 Å². The Morgan fingerprint density at radius 3 is 2.52 bits per heavy atom. The molecule has 4 heteroatoms. The molecule has 1 atom stereocenters. The van der Waals surface area contributed by atoms with Gasteiger partial charge in [-0.1, -0.05) is 19.1 Å². The van der Waals surface area contributed by atoms with Gasteiger partial charge in [-0.25, -0.2) is 4.79 Å². The van der Waals surface area contributed by atoms with Crippen LogP contribution in [0.1, 0.15) is 31.4 Å². The summed E-state index contributed by atoms with van der Waals surface area (Å²) in [5, 5.41) is 3.04. The lowest BCUT2D eigenvalue weighted by Gasteiger charge is -2.37. The van der Waals surface area contributed by atoms with Crippen LogP contribution in [-0.4, -0.2) is 43.2 Å². The normalized spacial score (nSPS) is 16.8. The minimum Gasteiger partial charge on any atom is -0.368 e. The maximum atomic E-state index is 12.1. The van der Waals surface area contributed by atoms with E-state index in [-0.39, 0.29) is 12.1 Å². The summed E-state index contributed by atoms with van der Waals surface area (Å²) in [4.78, 5) is 16.4. The molecule has 1 saturated heterocycles. The third kappa shape index (κ3) is 3.90. The van der Waals surface area contributed by atoms with Crippen molar-refractivity contribution in [1.29, 1.82) is 0 Å². The van der Waals surface area contributed by atoms with E-state index < -0.39 is 0 Å². The van der Waals surface area contributed by atoms with Crippen molar-refractivity contribution in [3.05, 3.63) is 29.3 Å². The van der Waals surface area contributed by atoms with E-state index in [1.54, 1.807) is 0 Å². The molecule has 0 aliphatic carbocycles. The Labute approximate surface area is 128 Å². The first-order valence-corrected chi connectivity index (χ1v) is 7.89. The zero-order valence-electron chi connectivity index (χ0n) is 13.6. The van der Waals surface area contributed by atoms with E-state index in [2.05, 4.69) is 49.2 Å². The van der Waals surface area contributed by atoms with Crippen molar-refractivity contribution in [3.63, 3.8) is 0 Å². The minimum absolute atomic E-state index is 0.0740. The number of benzene rings is 1. The maximum absolute atomic E-state index is 12.1. The molecular formula is C17H27N3O. The average Bonchev–Trinajstić information content (AvgIpc) is 2.49. The quantitative estimate of drug-likeness (QED) is 0.928. The second-order valence-corrected chi connectivity index (χ2v) is 6.02. The Bertz CT molecular complexity index is 493. The summed E-state index contributed by atoms with van der Waals surface area (Å²) < 4.78 is 0. The molecule has 116 valence electrons. The van der Waals surface area contributed by atoms with Crippen molar-refractivity contribution < 1.29 is 4.79 Å². The topological polar surface area (TPSA) is 35.6 Å². The first kappa shape index (κ1) is 15.7. The lowest BCUT2D eigenvalue weighted by atomic mass is 10.1. The highest BCUT2D eigenvalue weighted by Crippen LogP contribution is 2.22. The lowest BCUT2D eigenvalue weighted by Crippen LogP contribution is -2.53. The highest BCUT2D eigenvalue weighted by Gasteiger charge is 2.22. The van der Waals surface area contributed by atoms with E-state index >= 15 is 0 Å². The van der Waals surface area contributed by atoms with Gasteiger partial charge in [0.25, 0.3) is 0 Å². The number of piperazine rings is 1. The molecule has 1 N–H and O–H groups in total. The van der Waals surface area contributed by atoms with Gasteiger partial charge in [0.05, 0.1) is 0 Å². The number of nitrogens with zero attached hydrogens (tertiary/aromatic N) is 2. The Hall–Kier alpha value is -1.71. The van der Waals surface area contributed by atoms with Gasteiger partial charge in [0, 0.05) is 37.9 Å². The second-order valence-electron chi connectivity index (χ2n) is 6.02. The fourth-order valence-electron chi connectivity index (χ4n) is 2.61. The Morgan fingerprint density at radius 1 is 1.24 bits per heavy atom. The monoisotopic (exact) mass is 289 g/mol. The number of amides is 2. The van der Waals surface area contributed by atoms with E-state index in [1.165, 1.54) is 16.8 Å². The summed E-state index contributed by atoms with van der Waals surface area (Å²) in [7, 11) is 0. The van der Waals surface area contributed by atoms with Crippen LogP contribution in [0.3, 0.4) is 0 Å². The van der Waals surface area contributed by atoms with E-state index in [0.29, 0.717) is 0 Å². The lowest BCUT2D eigenvalue weighted by molar-refractivity contribution is 0.190. The summed E-state index contributed by atoms with van der Waals surface area (Å²) in [6.07, 6.45) is 0.966. The molecule has 1 aromatic carbocycles. The molecule has 1 aromatic rings. The number of urea groups is 1. The Kier molecular flexibility index (Phi) is 5.10. The zero-order chi connectivity index (χ0) is 15.4. The molecule has 4 nitrogen and oxygen atoms in total. The molecular weight excluding hydrogens is 262 g/mol. The summed E-state index contributed by atoms with van der Waals surface area (Å²) in [6.45, 7) is 11.8. The van der Waals surface area contributed by atoms with Crippen LogP contribution in [0.5, 0.6) is 0 Å². The predicted octanol–water partition coefficient (Wildman–Crippen LogP) is 2.93. The van der Waals surface area contributed by atoms with E-state index in [0.717, 1.165) is 32.6 Å². The number of hydrogen-bond donors (Lipinski definition) is 1. The molecule has 0 saturated carbocycles. The van der Waals surface area contributed by atoms with Crippen molar-refractivity contribution >= 4 is 11.7 Å². The average molecular weight is 289 g/mol. The Morgan fingerprint density at radius 2 is 1.90 bits per heavy atom. The SMILES string of the molecule is CCC(C)NC(=O)N1CCN(c2cc(C)ccc2C)CC1. The van der Waals surface area contributed by atoms with Crippen LogP contribution in [0.4, 0.5) is 10.5 Å². The van der Waals surface area contributed by atoms with Gasteiger partial charge in [-0.15, -0.1) is 0 Å². The molecule has 2 amide bonds. The van der Waals surface area contributed by atoms with Crippen LogP contribution in [0, 0.1) is 13.8 Å². The minimum atomic E-state index is 0.0740. The van der Waals surface area contributed by atoms with Gasteiger partial charge in [0.1, 0.15) is 0 Å². The maximum Gasteiger partial charge on any atom is 0.317 e.